The van der Waals surface area contributed by atoms with E-state index in [1.807, 2.05) is 6.92 Å². The first-order chi connectivity index (χ1) is 8.23. The minimum atomic E-state index is -0.111. The zero-order valence-corrected chi connectivity index (χ0v) is 11.7. The Balaban J connectivity index is 0.000000327. The van der Waals surface area contributed by atoms with Gasteiger partial charge in [0.1, 0.15) is 0 Å². The minimum Gasteiger partial charge on any atom is -0.399 e. The summed E-state index contributed by atoms with van der Waals surface area (Å²) in [6, 6.07) is 0.269. The molecule has 1 amide bonds. The van der Waals surface area contributed by atoms with E-state index in [0.29, 0.717) is 11.8 Å². The predicted molar refractivity (Wildman–Crippen MR) is 73.5 cm³/mol. The summed E-state index contributed by atoms with van der Waals surface area (Å²) in [6.45, 7) is 10.8. The molecule has 0 aliphatic carbocycles. The number of amides is 1. The fourth-order valence-corrected chi connectivity index (χ4v) is 1.40. The number of allylic oxidation sites excluding steroid dienone is 1. The fourth-order valence-electron chi connectivity index (χ4n) is 1.40. The predicted octanol–water partition coefficient (Wildman–Crippen LogP) is 1.01. The van der Waals surface area contributed by atoms with Crippen LogP contribution in [0.25, 0.3) is 0 Å². The van der Waals surface area contributed by atoms with Crippen molar-refractivity contribution in [2.45, 2.75) is 52.4 Å². The number of nitrogens with two attached hydrogens (primary N) is 2. The van der Waals surface area contributed by atoms with Crippen molar-refractivity contribution in [2.24, 2.45) is 11.5 Å². The number of ether oxygens (including phenoxy) is 1. The van der Waals surface area contributed by atoms with Gasteiger partial charge in [-0.25, -0.2) is 0 Å². The lowest BCUT2D eigenvalue weighted by Crippen LogP contribution is -2.26. The zero-order valence-electron chi connectivity index (χ0n) is 11.7. The van der Waals surface area contributed by atoms with Gasteiger partial charge in [0.05, 0.1) is 12.2 Å². The number of rotatable bonds is 2. The van der Waals surface area contributed by atoms with Crippen LogP contribution in [0.5, 0.6) is 0 Å². The average molecular weight is 255 g/mol. The second-order valence-electron chi connectivity index (χ2n) is 4.60. The number of nitrogens with one attached hydrogen (secondary N) is 1. The molecule has 0 bridgehead atoms. The molecule has 5 nitrogen and oxygen atoms in total. The molecule has 1 rings (SSSR count). The Morgan fingerprint density at radius 2 is 2.00 bits per heavy atom. The largest absolute Gasteiger partial charge is 0.399 e. The highest BCUT2D eigenvalue weighted by Gasteiger charge is 2.25. The van der Waals surface area contributed by atoms with E-state index >= 15 is 0 Å². The van der Waals surface area contributed by atoms with E-state index in [1.54, 1.807) is 6.92 Å². The molecule has 1 fully saturated rings. The monoisotopic (exact) mass is 255 g/mol. The van der Waals surface area contributed by atoms with E-state index < -0.39 is 0 Å². The van der Waals surface area contributed by atoms with Gasteiger partial charge in [0.15, 0.2) is 0 Å². The Morgan fingerprint density at radius 3 is 2.22 bits per heavy atom. The molecule has 3 atom stereocenters. The van der Waals surface area contributed by atoms with E-state index in [1.165, 1.54) is 13.1 Å². The van der Waals surface area contributed by atoms with Crippen LogP contribution in [-0.4, -0.2) is 24.2 Å². The van der Waals surface area contributed by atoms with Crippen LogP contribution in [0.4, 0.5) is 0 Å². The topological polar surface area (TPSA) is 90.4 Å². The average Bonchev–Trinajstić information content (AvgIpc) is 2.53. The Bertz CT molecular complexity index is 316. The van der Waals surface area contributed by atoms with Gasteiger partial charge in [-0.05, 0) is 32.8 Å². The number of hydrogen-bond acceptors (Lipinski definition) is 4. The Labute approximate surface area is 109 Å². The van der Waals surface area contributed by atoms with Crippen LogP contribution in [0, 0.1) is 0 Å². The highest BCUT2D eigenvalue weighted by atomic mass is 16.5. The number of carbonyl (C=O) groups is 1. The maximum absolute atomic E-state index is 10.3. The maximum Gasteiger partial charge on any atom is 0.220 e. The summed E-state index contributed by atoms with van der Waals surface area (Å²) in [5, 5.41) is 2.48. The Hall–Kier alpha value is -1.33. The van der Waals surface area contributed by atoms with Crippen LogP contribution >= 0.6 is 0 Å². The molecule has 5 N–H and O–H groups in total. The maximum atomic E-state index is 10.3. The summed E-state index contributed by atoms with van der Waals surface area (Å²) in [7, 11) is 0. The lowest BCUT2D eigenvalue weighted by molar-refractivity contribution is -0.118. The molecule has 1 heterocycles. The van der Waals surface area contributed by atoms with Crippen molar-refractivity contribution in [1.29, 1.82) is 0 Å². The van der Waals surface area contributed by atoms with Crippen molar-refractivity contribution in [3.8, 4) is 0 Å². The van der Waals surface area contributed by atoms with Gasteiger partial charge in [-0.2, -0.15) is 0 Å². The lowest BCUT2D eigenvalue weighted by atomic mass is 10.1. The van der Waals surface area contributed by atoms with Crippen LogP contribution in [0.2, 0.25) is 0 Å². The molecule has 0 spiro atoms. The van der Waals surface area contributed by atoms with Crippen LogP contribution in [-0.2, 0) is 9.53 Å². The summed E-state index contributed by atoms with van der Waals surface area (Å²) in [5.74, 6) is -0.111. The van der Waals surface area contributed by atoms with E-state index in [9.17, 15) is 4.79 Å². The summed E-state index contributed by atoms with van der Waals surface area (Å²) in [6.07, 6.45) is 3.19. The smallest absolute Gasteiger partial charge is 0.220 e. The third-order valence-corrected chi connectivity index (χ3v) is 2.65. The van der Waals surface area contributed by atoms with E-state index in [2.05, 4.69) is 18.8 Å². The van der Waals surface area contributed by atoms with Crippen molar-refractivity contribution >= 4 is 5.91 Å². The zero-order chi connectivity index (χ0) is 14.3. The van der Waals surface area contributed by atoms with Crippen molar-refractivity contribution in [2.75, 3.05) is 0 Å². The third kappa shape index (κ3) is 7.09. The van der Waals surface area contributed by atoms with Crippen molar-refractivity contribution in [1.82, 2.24) is 5.32 Å². The molecule has 0 saturated carbocycles. The third-order valence-electron chi connectivity index (χ3n) is 2.65. The van der Waals surface area contributed by atoms with Gasteiger partial charge in [0.25, 0.3) is 0 Å². The van der Waals surface area contributed by atoms with Gasteiger partial charge in [-0.3, -0.25) is 4.79 Å². The van der Waals surface area contributed by atoms with Gasteiger partial charge in [-0.15, -0.1) is 0 Å². The van der Waals surface area contributed by atoms with Gasteiger partial charge in [0.2, 0.25) is 5.91 Å². The van der Waals surface area contributed by atoms with Crippen LogP contribution in [0.3, 0.4) is 0 Å². The molecule has 1 aliphatic heterocycles. The van der Waals surface area contributed by atoms with E-state index in [4.69, 9.17) is 16.2 Å². The number of hydrogen-bond donors (Lipinski definition) is 3. The van der Waals surface area contributed by atoms with Gasteiger partial charge in [-0.1, -0.05) is 6.58 Å². The second-order valence-corrected chi connectivity index (χ2v) is 4.60. The molecular formula is C13H25N3O2. The van der Waals surface area contributed by atoms with Gasteiger partial charge in [0, 0.05) is 24.9 Å². The molecule has 0 aromatic carbocycles. The van der Waals surface area contributed by atoms with E-state index in [0.717, 1.165) is 12.0 Å². The molecule has 18 heavy (non-hydrogen) atoms. The molecule has 0 aromatic heterocycles. The molecule has 0 aromatic rings. The minimum absolute atomic E-state index is 0.111. The van der Waals surface area contributed by atoms with Crippen LogP contribution < -0.4 is 16.8 Å². The lowest BCUT2D eigenvalue weighted by Gasteiger charge is -2.05. The summed E-state index contributed by atoms with van der Waals surface area (Å²) in [4.78, 5) is 10.3. The first-order valence-electron chi connectivity index (χ1n) is 6.03. The van der Waals surface area contributed by atoms with Gasteiger partial charge < -0.3 is 21.5 Å². The van der Waals surface area contributed by atoms with Gasteiger partial charge >= 0.3 is 0 Å². The molecule has 1 aliphatic rings. The fraction of sp³-hybridized carbons (Fsp3) is 0.615. The molecule has 0 radical (unpaired) electrons. The highest BCUT2D eigenvalue weighted by Crippen LogP contribution is 2.16. The highest BCUT2D eigenvalue weighted by molar-refractivity contribution is 5.74. The first-order valence-corrected chi connectivity index (χ1v) is 6.03. The quantitative estimate of drug-likeness (QED) is 0.642. The molecular weight excluding hydrogens is 230 g/mol. The van der Waals surface area contributed by atoms with E-state index in [-0.39, 0.29) is 18.1 Å². The van der Waals surface area contributed by atoms with Crippen LogP contribution in [0.1, 0.15) is 34.1 Å². The summed E-state index contributed by atoms with van der Waals surface area (Å²) >= 11 is 0. The van der Waals surface area contributed by atoms with Crippen LogP contribution in [0.15, 0.2) is 24.0 Å². The Kier molecular flexibility index (Phi) is 7.31. The number of carbonyl (C=O) groups excluding carboxylic acids is 1. The molecule has 1 saturated heterocycles. The first kappa shape index (κ1) is 16.7. The Morgan fingerprint density at radius 1 is 1.44 bits per heavy atom. The molecule has 5 heteroatoms. The normalized spacial score (nSPS) is 27.2. The second kappa shape index (κ2) is 7.89. The van der Waals surface area contributed by atoms with Crippen molar-refractivity contribution in [3.05, 3.63) is 24.0 Å². The summed E-state index contributed by atoms with van der Waals surface area (Å²) in [5.41, 5.74) is 12.2. The standard InChI is InChI=1S/C7H12N2O.C6H13NO/c1-5(6(2)8)4-9-7(3)10;1-4-3-6(7)5(2)8-4/h4H,2,8H2,1,3H3,(H,9,10);4-6H,3,7H2,1-2H3/b5-4-;. The molecule has 104 valence electrons. The summed E-state index contributed by atoms with van der Waals surface area (Å²) < 4.78 is 5.35. The van der Waals surface area contributed by atoms with Crippen molar-refractivity contribution in [3.63, 3.8) is 0 Å². The SMILES string of the molecule is C=C(N)/C(C)=C\NC(C)=O.CC1CC(N)C(C)O1. The molecule has 3 unspecified atom stereocenters. The van der Waals surface area contributed by atoms with Crippen molar-refractivity contribution < 1.29 is 9.53 Å².